The fourth-order valence-corrected chi connectivity index (χ4v) is 2.71. The van der Waals surface area contributed by atoms with Gasteiger partial charge in [-0.25, -0.2) is 0 Å². The van der Waals surface area contributed by atoms with Gasteiger partial charge in [-0.15, -0.1) is 0 Å². The predicted octanol–water partition coefficient (Wildman–Crippen LogP) is 2.41. The van der Waals surface area contributed by atoms with Gasteiger partial charge in [-0.3, -0.25) is 14.4 Å². The van der Waals surface area contributed by atoms with Gasteiger partial charge in [0.05, 0.1) is 12.5 Å². The lowest BCUT2D eigenvalue weighted by atomic mass is 9.93. The van der Waals surface area contributed by atoms with Crippen molar-refractivity contribution in [2.75, 3.05) is 6.54 Å². The predicted molar refractivity (Wildman–Crippen MR) is 94.2 cm³/mol. The fourth-order valence-electron chi connectivity index (χ4n) is 2.71. The van der Waals surface area contributed by atoms with Gasteiger partial charge in [0.1, 0.15) is 12.1 Å². The van der Waals surface area contributed by atoms with Gasteiger partial charge in [0.15, 0.2) is 0 Å². The summed E-state index contributed by atoms with van der Waals surface area (Å²) in [6.07, 6.45) is 3.62. The molecule has 0 fully saturated rings. The summed E-state index contributed by atoms with van der Waals surface area (Å²) in [7, 11) is 0. The van der Waals surface area contributed by atoms with Crippen molar-refractivity contribution in [3.05, 3.63) is 41.6 Å². The van der Waals surface area contributed by atoms with Crippen molar-refractivity contribution >= 4 is 23.9 Å². The lowest BCUT2D eigenvalue weighted by Crippen LogP contribution is -2.38. The Hall–Kier alpha value is -2.63. The Kier molecular flexibility index (Phi) is 5.62. The summed E-state index contributed by atoms with van der Waals surface area (Å²) in [6.45, 7) is 6.57. The number of carbonyl (C=O) groups is 3. The van der Waals surface area contributed by atoms with E-state index in [4.69, 9.17) is 4.74 Å². The SMILES string of the molecule is CC(=O)N1C=Cc2ccccc2[C@@H]1CC(=O)NCC(=O)OC(C)(C)C. The average molecular weight is 344 g/mol. The molecule has 1 aromatic carbocycles. The number of fused-ring (bicyclic) bond motifs is 1. The summed E-state index contributed by atoms with van der Waals surface area (Å²) >= 11 is 0. The third kappa shape index (κ3) is 5.17. The molecule has 25 heavy (non-hydrogen) atoms. The number of hydrogen-bond donors (Lipinski definition) is 1. The molecular formula is C19H24N2O4. The molecule has 2 rings (SSSR count). The molecule has 1 aliphatic heterocycles. The van der Waals surface area contributed by atoms with E-state index < -0.39 is 17.6 Å². The second-order valence-corrected chi connectivity index (χ2v) is 6.95. The zero-order valence-corrected chi connectivity index (χ0v) is 15.0. The zero-order chi connectivity index (χ0) is 18.6. The third-order valence-electron chi connectivity index (χ3n) is 3.70. The topological polar surface area (TPSA) is 75.7 Å². The number of carbonyl (C=O) groups excluding carboxylic acids is 3. The minimum Gasteiger partial charge on any atom is -0.459 e. The highest BCUT2D eigenvalue weighted by molar-refractivity contribution is 5.84. The van der Waals surface area contributed by atoms with Gasteiger partial charge in [-0.1, -0.05) is 24.3 Å². The van der Waals surface area contributed by atoms with Crippen LogP contribution in [0.2, 0.25) is 0 Å². The molecule has 0 saturated carbocycles. The molecule has 0 bridgehead atoms. The molecule has 1 aromatic rings. The summed E-state index contributed by atoms with van der Waals surface area (Å²) < 4.78 is 5.16. The van der Waals surface area contributed by atoms with E-state index in [2.05, 4.69) is 5.32 Å². The second-order valence-electron chi connectivity index (χ2n) is 6.95. The highest BCUT2D eigenvalue weighted by Crippen LogP contribution is 2.32. The molecule has 6 nitrogen and oxygen atoms in total. The molecule has 1 N–H and O–H groups in total. The quantitative estimate of drug-likeness (QED) is 0.851. The molecule has 0 aromatic heterocycles. The van der Waals surface area contributed by atoms with Crippen LogP contribution in [0, 0.1) is 0 Å². The third-order valence-corrected chi connectivity index (χ3v) is 3.70. The molecule has 6 heteroatoms. The Morgan fingerprint density at radius 1 is 1.20 bits per heavy atom. The maximum atomic E-state index is 12.3. The summed E-state index contributed by atoms with van der Waals surface area (Å²) in [4.78, 5) is 37.4. The van der Waals surface area contributed by atoms with E-state index in [-0.39, 0.29) is 24.8 Å². The van der Waals surface area contributed by atoms with Crippen molar-refractivity contribution in [2.24, 2.45) is 0 Å². The van der Waals surface area contributed by atoms with E-state index in [1.165, 1.54) is 11.8 Å². The standard InChI is InChI=1S/C19H24N2O4/c1-13(22)21-10-9-14-7-5-6-8-15(14)16(21)11-17(23)20-12-18(24)25-19(2,3)4/h5-10,16H,11-12H2,1-4H3,(H,20,23)/t16-/m0/s1. The van der Waals surface area contributed by atoms with E-state index in [9.17, 15) is 14.4 Å². The van der Waals surface area contributed by atoms with Crippen LogP contribution in [0.25, 0.3) is 6.08 Å². The number of nitrogens with zero attached hydrogens (tertiary/aromatic N) is 1. The Morgan fingerprint density at radius 2 is 1.88 bits per heavy atom. The Bertz CT molecular complexity index is 704. The number of ether oxygens (including phenoxy) is 1. The van der Waals surface area contributed by atoms with Crippen molar-refractivity contribution in [1.29, 1.82) is 0 Å². The number of benzene rings is 1. The van der Waals surface area contributed by atoms with Crippen molar-refractivity contribution < 1.29 is 19.1 Å². The lowest BCUT2D eigenvalue weighted by Gasteiger charge is -2.32. The number of rotatable bonds is 4. The van der Waals surface area contributed by atoms with E-state index >= 15 is 0 Å². The molecule has 0 saturated heterocycles. The van der Waals surface area contributed by atoms with E-state index in [0.29, 0.717) is 0 Å². The van der Waals surface area contributed by atoms with Gasteiger partial charge >= 0.3 is 5.97 Å². The van der Waals surface area contributed by atoms with E-state index in [0.717, 1.165) is 11.1 Å². The lowest BCUT2D eigenvalue weighted by molar-refractivity contribution is -0.154. The molecule has 1 aliphatic rings. The van der Waals surface area contributed by atoms with Crippen LogP contribution in [0.3, 0.4) is 0 Å². The summed E-state index contributed by atoms with van der Waals surface area (Å²) in [5, 5.41) is 2.57. The molecule has 0 aliphatic carbocycles. The van der Waals surface area contributed by atoms with Crippen LogP contribution in [0.4, 0.5) is 0 Å². The molecule has 134 valence electrons. The maximum absolute atomic E-state index is 12.3. The second kappa shape index (κ2) is 7.51. The van der Waals surface area contributed by atoms with Crippen LogP contribution >= 0.6 is 0 Å². The zero-order valence-electron chi connectivity index (χ0n) is 15.0. The molecule has 0 radical (unpaired) electrons. The van der Waals surface area contributed by atoms with Crippen LogP contribution < -0.4 is 5.32 Å². The van der Waals surface area contributed by atoms with Gasteiger partial charge in [0.25, 0.3) is 0 Å². The first-order chi connectivity index (χ1) is 11.7. The van der Waals surface area contributed by atoms with E-state index in [1.54, 1.807) is 27.0 Å². The molecule has 0 unspecified atom stereocenters. The van der Waals surface area contributed by atoms with Gasteiger partial charge in [-0.2, -0.15) is 0 Å². The minimum absolute atomic E-state index is 0.0731. The highest BCUT2D eigenvalue weighted by Gasteiger charge is 2.28. The van der Waals surface area contributed by atoms with Crippen LogP contribution in [-0.4, -0.2) is 34.8 Å². The van der Waals surface area contributed by atoms with Crippen molar-refractivity contribution in [3.63, 3.8) is 0 Å². The van der Waals surface area contributed by atoms with Crippen LogP contribution in [-0.2, 0) is 19.1 Å². The Balaban J connectivity index is 2.03. The summed E-state index contributed by atoms with van der Waals surface area (Å²) in [5.41, 5.74) is 1.29. The normalized spacial score (nSPS) is 16.2. The largest absolute Gasteiger partial charge is 0.459 e. The van der Waals surface area contributed by atoms with Crippen LogP contribution in [0.15, 0.2) is 30.5 Å². The minimum atomic E-state index is -0.597. The van der Waals surface area contributed by atoms with Gasteiger partial charge < -0.3 is 15.0 Å². The summed E-state index contributed by atoms with van der Waals surface area (Å²) in [6, 6.07) is 7.24. The Morgan fingerprint density at radius 3 is 2.52 bits per heavy atom. The maximum Gasteiger partial charge on any atom is 0.325 e. The van der Waals surface area contributed by atoms with Gasteiger partial charge in [0, 0.05) is 13.1 Å². The molecule has 1 heterocycles. The molecule has 1 atom stereocenters. The average Bonchev–Trinajstić information content (AvgIpc) is 2.51. The molecule has 2 amide bonds. The van der Waals surface area contributed by atoms with Crippen LogP contribution in [0.5, 0.6) is 0 Å². The highest BCUT2D eigenvalue weighted by atomic mass is 16.6. The smallest absolute Gasteiger partial charge is 0.325 e. The molecular weight excluding hydrogens is 320 g/mol. The number of esters is 1. The first kappa shape index (κ1) is 18.7. The fraction of sp³-hybridized carbons (Fsp3) is 0.421. The summed E-state index contributed by atoms with van der Waals surface area (Å²) in [5.74, 6) is -0.948. The van der Waals surface area contributed by atoms with Crippen molar-refractivity contribution in [1.82, 2.24) is 10.2 Å². The number of nitrogens with one attached hydrogen (secondary N) is 1. The first-order valence-electron chi connectivity index (χ1n) is 8.22. The van der Waals surface area contributed by atoms with Crippen molar-refractivity contribution in [2.45, 2.75) is 45.8 Å². The molecule has 0 spiro atoms. The van der Waals surface area contributed by atoms with Crippen LogP contribution in [0.1, 0.15) is 51.3 Å². The Labute approximate surface area is 147 Å². The first-order valence-corrected chi connectivity index (χ1v) is 8.22. The monoisotopic (exact) mass is 344 g/mol. The van der Waals surface area contributed by atoms with E-state index in [1.807, 2.05) is 30.3 Å². The van der Waals surface area contributed by atoms with Gasteiger partial charge in [0.2, 0.25) is 11.8 Å². The van der Waals surface area contributed by atoms with Gasteiger partial charge in [-0.05, 0) is 38.0 Å². The number of hydrogen-bond acceptors (Lipinski definition) is 4. The van der Waals surface area contributed by atoms with Crippen molar-refractivity contribution in [3.8, 4) is 0 Å². The number of amides is 2.